The number of nitrogens with zero attached hydrogens (tertiary/aromatic N) is 1. The third kappa shape index (κ3) is 4.90. The Labute approximate surface area is 131 Å². The standard InChI is InChI=1S/C16H23ClN2O2/c1-12-10-13(6-7-18-12)16(20)19(2)8-9-21-15-5-3-4-14(17)11-15/h3-5,11-13,18H,6-10H2,1-2H3. The molecule has 4 nitrogen and oxygen atoms in total. The SMILES string of the molecule is CC1CC(C(=O)N(C)CCOc2cccc(Cl)c2)CCN1. The van der Waals surface area contributed by atoms with Crippen LogP contribution in [0, 0.1) is 5.92 Å². The number of hydrogen-bond acceptors (Lipinski definition) is 3. The highest BCUT2D eigenvalue weighted by atomic mass is 35.5. The van der Waals surface area contributed by atoms with E-state index >= 15 is 0 Å². The van der Waals surface area contributed by atoms with Crippen molar-refractivity contribution in [2.45, 2.75) is 25.8 Å². The van der Waals surface area contributed by atoms with E-state index in [9.17, 15) is 4.79 Å². The molecule has 0 aromatic heterocycles. The summed E-state index contributed by atoms with van der Waals surface area (Å²) in [5.74, 6) is 1.09. The number of piperidine rings is 1. The monoisotopic (exact) mass is 310 g/mol. The third-order valence-corrected chi connectivity index (χ3v) is 4.08. The smallest absolute Gasteiger partial charge is 0.225 e. The largest absolute Gasteiger partial charge is 0.492 e. The summed E-state index contributed by atoms with van der Waals surface area (Å²) in [5, 5.41) is 4.02. The number of hydrogen-bond donors (Lipinski definition) is 1. The Bertz CT molecular complexity index is 481. The minimum absolute atomic E-state index is 0.136. The lowest BCUT2D eigenvalue weighted by Crippen LogP contribution is -2.43. The Morgan fingerprint density at radius 1 is 1.52 bits per heavy atom. The maximum Gasteiger partial charge on any atom is 0.225 e. The molecule has 116 valence electrons. The van der Waals surface area contributed by atoms with E-state index in [1.165, 1.54) is 0 Å². The number of halogens is 1. The van der Waals surface area contributed by atoms with Gasteiger partial charge < -0.3 is 15.0 Å². The predicted octanol–water partition coefficient (Wildman–Crippen LogP) is 2.57. The van der Waals surface area contributed by atoms with Crippen LogP contribution in [0.3, 0.4) is 0 Å². The van der Waals surface area contributed by atoms with Gasteiger partial charge in [0.2, 0.25) is 5.91 Å². The summed E-state index contributed by atoms with van der Waals surface area (Å²) in [4.78, 5) is 14.1. The number of benzene rings is 1. The molecule has 0 radical (unpaired) electrons. The molecule has 0 bridgehead atoms. The summed E-state index contributed by atoms with van der Waals surface area (Å²) in [6.07, 6.45) is 1.83. The first-order chi connectivity index (χ1) is 10.1. The quantitative estimate of drug-likeness (QED) is 0.909. The summed E-state index contributed by atoms with van der Waals surface area (Å²) < 4.78 is 5.63. The Kier molecular flexibility index (Phi) is 5.88. The van der Waals surface area contributed by atoms with Gasteiger partial charge in [-0.1, -0.05) is 17.7 Å². The summed E-state index contributed by atoms with van der Waals surface area (Å²) >= 11 is 5.90. The van der Waals surface area contributed by atoms with E-state index < -0.39 is 0 Å². The van der Waals surface area contributed by atoms with Crippen molar-refractivity contribution in [1.82, 2.24) is 10.2 Å². The van der Waals surface area contributed by atoms with E-state index in [4.69, 9.17) is 16.3 Å². The predicted molar refractivity (Wildman–Crippen MR) is 84.8 cm³/mol. The molecule has 0 aliphatic carbocycles. The molecule has 1 aliphatic heterocycles. The first-order valence-corrected chi connectivity index (χ1v) is 7.81. The summed E-state index contributed by atoms with van der Waals surface area (Å²) in [7, 11) is 1.84. The molecule has 1 fully saturated rings. The van der Waals surface area contributed by atoms with Gasteiger partial charge in [0.15, 0.2) is 0 Å². The van der Waals surface area contributed by atoms with Crippen molar-refractivity contribution in [3.05, 3.63) is 29.3 Å². The first-order valence-electron chi connectivity index (χ1n) is 7.43. The number of carbonyl (C=O) groups excluding carboxylic acids is 1. The molecule has 2 rings (SSSR count). The molecule has 2 atom stereocenters. The molecule has 1 aromatic carbocycles. The van der Waals surface area contributed by atoms with Gasteiger partial charge in [0.1, 0.15) is 12.4 Å². The molecular weight excluding hydrogens is 288 g/mol. The Morgan fingerprint density at radius 3 is 3.05 bits per heavy atom. The van der Waals surface area contributed by atoms with E-state index in [-0.39, 0.29) is 11.8 Å². The number of likely N-dealkylation sites (N-methyl/N-ethyl adjacent to an activating group) is 1. The van der Waals surface area contributed by atoms with Crippen molar-refractivity contribution < 1.29 is 9.53 Å². The summed E-state index contributed by atoms with van der Waals surface area (Å²) in [6.45, 7) is 4.11. The van der Waals surface area contributed by atoms with Crippen molar-refractivity contribution in [1.29, 1.82) is 0 Å². The van der Waals surface area contributed by atoms with Gasteiger partial charge in [0.25, 0.3) is 0 Å². The fourth-order valence-corrected chi connectivity index (χ4v) is 2.82. The van der Waals surface area contributed by atoms with Crippen LogP contribution >= 0.6 is 11.6 Å². The highest BCUT2D eigenvalue weighted by Crippen LogP contribution is 2.19. The molecule has 21 heavy (non-hydrogen) atoms. The molecule has 1 amide bonds. The zero-order valence-electron chi connectivity index (χ0n) is 12.6. The van der Waals surface area contributed by atoms with Crippen LogP contribution in [0.25, 0.3) is 0 Å². The number of ether oxygens (including phenoxy) is 1. The van der Waals surface area contributed by atoms with Gasteiger partial charge in [-0.25, -0.2) is 0 Å². The normalized spacial score (nSPS) is 21.9. The van der Waals surface area contributed by atoms with Crippen molar-refractivity contribution >= 4 is 17.5 Å². The van der Waals surface area contributed by atoms with Gasteiger partial charge in [-0.2, -0.15) is 0 Å². The molecular formula is C16H23ClN2O2. The van der Waals surface area contributed by atoms with Crippen LogP contribution in [0.1, 0.15) is 19.8 Å². The number of nitrogens with one attached hydrogen (secondary N) is 1. The van der Waals surface area contributed by atoms with E-state index in [2.05, 4.69) is 12.2 Å². The average Bonchev–Trinajstić information content (AvgIpc) is 2.46. The van der Waals surface area contributed by atoms with Crippen molar-refractivity contribution in [3.63, 3.8) is 0 Å². The molecule has 1 heterocycles. The van der Waals surface area contributed by atoms with Crippen LogP contribution < -0.4 is 10.1 Å². The molecule has 0 saturated carbocycles. The zero-order chi connectivity index (χ0) is 15.2. The molecule has 0 spiro atoms. The molecule has 2 unspecified atom stereocenters. The highest BCUT2D eigenvalue weighted by Gasteiger charge is 2.26. The number of carbonyl (C=O) groups is 1. The van der Waals surface area contributed by atoms with Gasteiger partial charge >= 0.3 is 0 Å². The second-order valence-corrected chi connectivity index (χ2v) is 6.08. The second-order valence-electron chi connectivity index (χ2n) is 5.64. The van der Waals surface area contributed by atoms with Gasteiger partial charge in [-0.15, -0.1) is 0 Å². The van der Waals surface area contributed by atoms with Crippen LogP contribution in [-0.2, 0) is 4.79 Å². The van der Waals surface area contributed by atoms with Crippen LogP contribution in [0.2, 0.25) is 5.02 Å². The maximum atomic E-state index is 12.4. The average molecular weight is 311 g/mol. The lowest BCUT2D eigenvalue weighted by Gasteiger charge is -2.30. The first kappa shape index (κ1) is 16.1. The van der Waals surface area contributed by atoms with Gasteiger partial charge in [0.05, 0.1) is 6.54 Å². The topological polar surface area (TPSA) is 41.6 Å². The zero-order valence-corrected chi connectivity index (χ0v) is 13.4. The van der Waals surface area contributed by atoms with Crippen LogP contribution in [-0.4, -0.2) is 43.6 Å². The molecule has 5 heteroatoms. The lowest BCUT2D eigenvalue weighted by atomic mass is 9.92. The fraction of sp³-hybridized carbons (Fsp3) is 0.562. The molecule has 1 saturated heterocycles. The third-order valence-electron chi connectivity index (χ3n) is 3.84. The molecule has 1 N–H and O–H groups in total. The van der Waals surface area contributed by atoms with Crippen molar-refractivity contribution in [2.75, 3.05) is 26.7 Å². The van der Waals surface area contributed by atoms with Gasteiger partial charge in [-0.3, -0.25) is 4.79 Å². The minimum atomic E-state index is 0.136. The van der Waals surface area contributed by atoms with E-state index in [1.807, 2.05) is 25.2 Å². The molecule has 1 aliphatic rings. The number of rotatable bonds is 5. The summed E-state index contributed by atoms with van der Waals surface area (Å²) in [5.41, 5.74) is 0. The van der Waals surface area contributed by atoms with E-state index in [1.54, 1.807) is 11.0 Å². The van der Waals surface area contributed by atoms with Crippen molar-refractivity contribution in [2.24, 2.45) is 5.92 Å². The van der Waals surface area contributed by atoms with Crippen LogP contribution in [0.4, 0.5) is 0 Å². The Hall–Kier alpha value is -1.26. The van der Waals surface area contributed by atoms with Crippen LogP contribution in [0.5, 0.6) is 5.75 Å². The second kappa shape index (κ2) is 7.66. The highest BCUT2D eigenvalue weighted by molar-refractivity contribution is 6.30. The van der Waals surface area contributed by atoms with Gasteiger partial charge in [-0.05, 0) is 44.5 Å². The number of amides is 1. The van der Waals surface area contributed by atoms with E-state index in [0.717, 1.165) is 25.1 Å². The van der Waals surface area contributed by atoms with Crippen LogP contribution in [0.15, 0.2) is 24.3 Å². The molecule has 1 aromatic rings. The lowest BCUT2D eigenvalue weighted by molar-refractivity contribution is -0.135. The Balaban J connectivity index is 1.76. The fourth-order valence-electron chi connectivity index (χ4n) is 2.64. The Morgan fingerprint density at radius 2 is 2.33 bits per heavy atom. The van der Waals surface area contributed by atoms with Gasteiger partial charge in [0, 0.05) is 24.0 Å². The summed E-state index contributed by atoms with van der Waals surface area (Å²) in [6, 6.07) is 7.72. The van der Waals surface area contributed by atoms with E-state index in [0.29, 0.717) is 24.2 Å². The minimum Gasteiger partial charge on any atom is -0.492 e. The maximum absolute atomic E-state index is 12.4. The van der Waals surface area contributed by atoms with Crippen molar-refractivity contribution in [3.8, 4) is 5.75 Å².